The minimum Gasteiger partial charge on any atom is -0.289 e. The first-order valence-corrected chi connectivity index (χ1v) is 5.59. The molecule has 0 aromatic heterocycles. The van der Waals surface area contributed by atoms with Gasteiger partial charge in [0.2, 0.25) is 0 Å². The number of hydrogen-bond acceptors (Lipinski definition) is 1. The van der Waals surface area contributed by atoms with Gasteiger partial charge in [0.1, 0.15) is 0 Å². The minimum atomic E-state index is 0.0543. The summed E-state index contributed by atoms with van der Waals surface area (Å²) >= 11 is 0. The van der Waals surface area contributed by atoms with Gasteiger partial charge in [-0.05, 0) is 17.9 Å². The van der Waals surface area contributed by atoms with Gasteiger partial charge in [-0.2, -0.15) is 0 Å². The van der Waals surface area contributed by atoms with E-state index in [1.165, 1.54) is 0 Å². The molecular formula is C16H14O. The van der Waals surface area contributed by atoms with Crippen LogP contribution < -0.4 is 5.43 Å². The maximum atomic E-state index is 12.4. The SMILES string of the molecule is C=Cc1ccc2ccccc2c(=O)c1/C=C\C. The van der Waals surface area contributed by atoms with E-state index < -0.39 is 0 Å². The van der Waals surface area contributed by atoms with E-state index in [1.54, 1.807) is 6.08 Å². The Kier molecular flexibility index (Phi) is 3.20. The fraction of sp³-hybridized carbons (Fsp3) is 0.0625. The molecule has 2 aromatic carbocycles. The lowest BCUT2D eigenvalue weighted by molar-refractivity contribution is 1.61. The van der Waals surface area contributed by atoms with Crippen molar-refractivity contribution < 1.29 is 0 Å². The third-order valence-electron chi connectivity index (χ3n) is 2.76. The van der Waals surface area contributed by atoms with Gasteiger partial charge in [0.15, 0.2) is 5.43 Å². The summed E-state index contributed by atoms with van der Waals surface area (Å²) in [5, 5.41) is 1.70. The Labute approximate surface area is 101 Å². The van der Waals surface area contributed by atoms with Crippen LogP contribution in [0.4, 0.5) is 0 Å². The van der Waals surface area contributed by atoms with Gasteiger partial charge in [-0.15, -0.1) is 0 Å². The first kappa shape index (κ1) is 11.3. The van der Waals surface area contributed by atoms with Crippen LogP contribution in [-0.4, -0.2) is 0 Å². The molecule has 0 atom stereocenters. The number of hydrogen-bond donors (Lipinski definition) is 0. The number of rotatable bonds is 2. The molecule has 0 N–H and O–H groups in total. The molecule has 0 unspecified atom stereocenters. The molecule has 0 aliphatic carbocycles. The van der Waals surface area contributed by atoms with Crippen molar-refractivity contribution in [1.82, 2.24) is 0 Å². The normalized spacial score (nSPS) is 10.9. The summed E-state index contributed by atoms with van der Waals surface area (Å²) in [7, 11) is 0. The highest BCUT2D eigenvalue weighted by Crippen LogP contribution is 2.14. The highest BCUT2D eigenvalue weighted by Gasteiger charge is 2.03. The Bertz CT molecular complexity index is 651. The van der Waals surface area contributed by atoms with Crippen molar-refractivity contribution in [2.75, 3.05) is 0 Å². The average molecular weight is 222 g/mol. The van der Waals surface area contributed by atoms with Crippen LogP contribution in [0, 0.1) is 0 Å². The van der Waals surface area contributed by atoms with Gasteiger partial charge in [-0.1, -0.05) is 61.2 Å². The Morgan fingerprint density at radius 2 is 1.88 bits per heavy atom. The molecule has 0 heterocycles. The third kappa shape index (κ3) is 2.04. The van der Waals surface area contributed by atoms with Crippen LogP contribution in [-0.2, 0) is 0 Å². The predicted molar refractivity (Wildman–Crippen MR) is 75.0 cm³/mol. The molecule has 0 fully saturated rings. The van der Waals surface area contributed by atoms with Crippen molar-refractivity contribution in [2.45, 2.75) is 6.92 Å². The van der Waals surface area contributed by atoms with Crippen molar-refractivity contribution in [3.05, 3.63) is 70.4 Å². The quantitative estimate of drug-likeness (QED) is 0.753. The van der Waals surface area contributed by atoms with E-state index in [1.807, 2.05) is 55.5 Å². The molecule has 0 aliphatic rings. The highest BCUT2D eigenvalue weighted by molar-refractivity contribution is 5.85. The zero-order valence-corrected chi connectivity index (χ0v) is 9.81. The van der Waals surface area contributed by atoms with Crippen molar-refractivity contribution in [3.63, 3.8) is 0 Å². The summed E-state index contributed by atoms with van der Waals surface area (Å²) in [6.45, 7) is 5.66. The van der Waals surface area contributed by atoms with Gasteiger partial charge < -0.3 is 0 Å². The smallest absolute Gasteiger partial charge is 0.194 e. The standard InChI is InChI=1S/C16H14O/c1-3-7-14-12(4-2)10-11-13-8-5-6-9-15(13)16(14)17/h3-11H,2H2,1H3/b7-3-. The molecule has 0 saturated heterocycles. The Morgan fingerprint density at radius 1 is 1.12 bits per heavy atom. The first-order chi connectivity index (χ1) is 8.27. The monoisotopic (exact) mass is 222 g/mol. The lowest BCUT2D eigenvalue weighted by atomic mass is 10.1. The Balaban J connectivity index is 3.01. The highest BCUT2D eigenvalue weighted by atomic mass is 16.1. The molecule has 0 amide bonds. The molecule has 1 nitrogen and oxygen atoms in total. The van der Waals surface area contributed by atoms with E-state index in [4.69, 9.17) is 0 Å². The summed E-state index contributed by atoms with van der Waals surface area (Å²) in [5.41, 5.74) is 1.62. The van der Waals surface area contributed by atoms with E-state index >= 15 is 0 Å². The first-order valence-electron chi connectivity index (χ1n) is 5.59. The van der Waals surface area contributed by atoms with Crippen LogP contribution in [0.2, 0.25) is 0 Å². The molecular weight excluding hydrogens is 208 g/mol. The summed E-state index contributed by atoms with van der Waals surface area (Å²) in [6, 6.07) is 11.5. The van der Waals surface area contributed by atoms with Crippen LogP contribution in [0.25, 0.3) is 22.9 Å². The van der Waals surface area contributed by atoms with Crippen molar-refractivity contribution in [3.8, 4) is 0 Å². The van der Waals surface area contributed by atoms with Crippen molar-refractivity contribution in [2.24, 2.45) is 0 Å². The zero-order valence-electron chi connectivity index (χ0n) is 9.81. The molecule has 17 heavy (non-hydrogen) atoms. The largest absolute Gasteiger partial charge is 0.289 e. The van der Waals surface area contributed by atoms with E-state index in [0.29, 0.717) is 5.56 Å². The summed E-state index contributed by atoms with van der Waals surface area (Å²) in [6.07, 6.45) is 5.43. The van der Waals surface area contributed by atoms with Crippen LogP contribution in [0.5, 0.6) is 0 Å². The second-order valence-electron chi connectivity index (χ2n) is 3.82. The molecule has 0 bridgehead atoms. The van der Waals surface area contributed by atoms with E-state index in [-0.39, 0.29) is 5.43 Å². The molecule has 2 rings (SSSR count). The topological polar surface area (TPSA) is 17.1 Å². The lowest BCUT2D eigenvalue weighted by Crippen LogP contribution is -2.03. The summed E-state index contributed by atoms with van der Waals surface area (Å²) in [5.74, 6) is 0. The fourth-order valence-electron chi connectivity index (χ4n) is 1.91. The van der Waals surface area contributed by atoms with Gasteiger partial charge >= 0.3 is 0 Å². The number of benzene rings is 1. The Morgan fingerprint density at radius 3 is 2.59 bits per heavy atom. The van der Waals surface area contributed by atoms with Gasteiger partial charge in [-0.3, -0.25) is 4.79 Å². The molecule has 1 heteroatoms. The maximum Gasteiger partial charge on any atom is 0.194 e. The average Bonchev–Trinajstić information content (AvgIpc) is 2.49. The van der Waals surface area contributed by atoms with E-state index in [2.05, 4.69) is 6.58 Å². The van der Waals surface area contributed by atoms with Gasteiger partial charge in [0, 0.05) is 10.9 Å². The predicted octanol–water partition coefficient (Wildman–Crippen LogP) is 3.88. The van der Waals surface area contributed by atoms with Gasteiger partial charge in [0.05, 0.1) is 0 Å². The summed E-state index contributed by atoms with van der Waals surface area (Å²) in [4.78, 5) is 12.4. The van der Waals surface area contributed by atoms with Crippen LogP contribution in [0.15, 0.2) is 53.8 Å². The zero-order chi connectivity index (χ0) is 12.3. The van der Waals surface area contributed by atoms with E-state index in [9.17, 15) is 4.79 Å². The fourth-order valence-corrected chi connectivity index (χ4v) is 1.91. The van der Waals surface area contributed by atoms with Crippen LogP contribution in [0.3, 0.4) is 0 Å². The second-order valence-corrected chi connectivity index (χ2v) is 3.82. The molecule has 0 saturated carbocycles. The number of fused-ring (bicyclic) bond motifs is 1. The van der Waals surface area contributed by atoms with Crippen molar-refractivity contribution >= 4 is 22.9 Å². The van der Waals surface area contributed by atoms with Gasteiger partial charge in [-0.25, -0.2) is 0 Å². The second kappa shape index (κ2) is 4.79. The molecule has 0 radical (unpaired) electrons. The third-order valence-corrected chi connectivity index (χ3v) is 2.76. The number of allylic oxidation sites excluding steroid dienone is 1. The summed E-state index contributed by atoms with van der Waals surface area (Å²) < 4.78 is 0. The van der Waals surface area contributed by atoms with Crippen molar-refractivity contribution in [1.29, 1.82) is 0 Å². The molecule has 0 spiro atoms. The maximum absolute atomic E-state index is 12.4. The van der Waals surface area contributed by atoms with Crippen LogP contribution in [0.1, 0.15) is 18.1 Å². The lowest BCUT2D eigenvalue weighted by Gasteiger charge is -1.93. The Hall–Kier alpha value is -2.15. The molecule has 84 valence electrons. The molecule has 0 aliphatic heterocycles. The van der Waals surface area contributed by atoms with Gasteiger partial charge in [0.25, 0.3) is 0 Å². The molecule has 2 aromatic rings. The minimum absolute atomic E-state index is 0.0543. The van der Waals surface area contributed by atoms with Crippen LogP contribution >= 0.6 is 0 Å². The van der Waals surface area contributed by atoms with E-state index in [0.717, 1.165) is 16.3 Å².